The van der Waals surface area contributed by atoms with Gasteiger partial charge in [-0.3, -0.25) is 0 Å². The molecular weight excluding hydrogens is 150 g/mol. The zero-order chi connectivity index (χ0) is 8.55. The maximum absolute atomic E-state index is 4.48. The molecule has 1 aromatic heterocycles. The van der Waals surface area contributed by atoms with Gasteiger partial charge in [-0.25, -0.2) is 9.67 Å². The lowest BCUT2D eigenvalue weighted by Gasteiger charge is -1.97. The van der Waals surface area contributed by atoms with Crippen molar-refractivity contribution in [3.8, 4) is 0 Å². The van der Waals surface area contributed by atoms with Gasteiger partial charge in [0.2, 0.25) is 0 Å². The number of fused-ring (bicyclic) bond motifs is 1. The molecule has 0 N–H and O–H groups in total. The lowest BCUT2D eigenvalue weighted by Crippen LogP contribution is -1.99. The van der Waals surface area contributed by atoms with Crippen molar-refractivity contribution in [1.82, 2.24) is 14.8 Å². The van der Waals surface area contributed by atoms with E-state index in [4.69, 9.17) is 0 Å². The van der Waals surface area contributed by atoms with Crippen LogP contribution in [-0.4, -0.2) is 14.8 Å². The average molecular weight is 165 g/mol. The number of rotatable bonds is 2. The highest BCUT2D eigenvalue weighted by molar-refractivity contribution is 4.97. The molecule has 66 valence electrons. The van der Waals surface area contributed by atoms with E-state index in [1.807, 2.05) is 0 Å². The van der Waals surface area contributed by atoms with E-state index in [-0.39, 0.29) is 0 Å². The molecule has 0 aliphatic carbocycles. The standard InChI is InChI=1S/C9H15N3/c1-7(2)6-8-10-9-4-3-5-12(9)11-8/h7H,3-6H2,1-2H3. The second kappa shape index (κ2) is 2.88. The van der Waals surface area contributed by atoms with Crippen molar-refractivity contribution in [3.05, 3.63) is 11.6 Å². The fraction of sp³-hybridized carbons (Fsp3) is 0.778. The monoisotopic (exact) mass is 165 g/mol. The largest absolute Gasteiger partial charge is 0.250 e. The molecular formula is C9H15N3. The first-order chi connectivity index (χ1) is 5.75. The molecule has 3 heteroatoms. The quantitative estimate of drug-likeness (QED) is 0.663. The van der Waals surface area contributed by atoms with Crippen LogP contribution in [0.2, 0.25) is 0 Å². The van der Waals surface area contributed by atoms with E-state index < -0.39 is 0 Å². The second-order valence-corrected chi connectivity index (χ2v) is 3.87. The summed E-state index contributed by atoms with van der Waals surface area (Å²) in [6.07, 6.45) is 3.35. The summed E-state index contributed by atoms with van der Waals surface area (Å²) in [6.45, 7) is 5.47. The third-order valence-corrected chi connectivity index (χ3v) is 2.15. The van der Waals surface area contributed by atoms with Crippen LogP contribution in [0.5, 0.6) is 0 Å². The minimum Gasteiger partial charge on any atom is -0.250 e. The molecule has 0 unspecified atom stereocenters. The average Bonchev–Trinajstić information content (AvgIpc) is 2.43. The van der Waals surface area contributed by atoms with Crippen molar-refractivity contribution in [2.45, 2.75) is 39.7 Å². The van der Waals surface area contributed by atoms with Crippen LogP contribution in [0.4, 0.5) is 0 Å². The molecule has 0 spiro atoms. The van der Waals surface area contributed by atoms with Gasteiger partial charge in [0.05, 0.1) is 0 Å². The van der Waals surface area contributed by atoms with E-state index in [2.05, 4.69) is 28.6 Å². The molecule has 0 atom stereocenters. The lowest BCUT2D eigenvalue weighted by atomic mass is 10.1. The smallest absolute Gasteiger partial charge is 0.151 e. The number of hydrogen-bond acceptors (Lipinski definition) is 2. The number of aromatic nitrogens is 3. The molecule has 1 aliphatic rings. The van der Waals surface area contributed by atoms with Gasteiger partial charge in [-0.15, -0.1) is 0 Å². The van der Waals surface area contributed by atoms with E-state index >= 15 is 0 Å². The Morgan fingerprint density at radius 2 is 2.33 bits per heavy atom. The van der Waals surface area contributed by atoms with Crippen LogP contribution < -0.4 is 0 Å². The third-order valence-electron chi connectivity index (χ3n) is 2.15. The Morgan fingerprint density at radius 3 is 3.00 bits per heavy atom. The van der Waals surface area contributed by atoms with Gasteiger partial charge in [-0.2, -0.15) is 5.10 Å². The lowest BCUT2D eigenvalue weighted by molar-refractivity contribution is 0.592. The summed E-state index contributed by atoms with van der Waals surface area (Å²) in [5.74, 6) is 2.87. The highest BCUT2D eigenvalue weighted by atomic mass is 15.4. The molecule has 1 aromatic rings. The van der Waals surface area contributed by atoms with Gasteiger partial charge >= 0.3 is 0 Å². The van der Waals surface area contributed by atoms with Gasteiger partial charge < -0.3 is 0 Å². The highest BCUT2D eigenvalue weighted by Crippen LogP contribution is 2.12. The first-order valence-corrected chi connectivity index (χ1v) is 4.68. The first kappa shape index (κ1) is 7.77. The molecule has 0 aromatic carbocycles. The van der Waals surface area contributed by atoms with Crippen LogP contribution in [0.3, 0.4) is 0 Å². The fourth-order valence-electron chi connectivity index (χ4n) is 1.63. The van der Waals surface area contributed by atoms with Gasteiger partial charge in [-0.1, -0.05) is 13.8 Å². The SMILES string of the molecule is CC(C)Cc1nc2n(n1)CCC2. The summed E-state index contributed by atoms with van der Waals surface area (Å²) in [4.78, 5) is 4.48. The Hall–Kier alpha value is -0.860. The summed E-state index contributed by atoms with van der Waals surface area (Å²) >= 11 is 0. The van der Waals surface area contributed by atoms with Crippen molar-refractivity contribution in [1.29, 1.82) is 0 Å². The molecule has 3 nitrogen and oxygen atoms in total. The first-order valence-electron chi connectivity index (χ1n) is 4.68. The van der Waals surface area contributed by atoms with E-state index in [0.29, 0.717) is 5.92 Å². The Balaban J connectivity index is 2.15. The predicted octanol–water partition coefficient (Wildman–Crippen LogP) is 1.42. The van der Waals surface area contributed by atoms with Crippen LogP contribution in [0.15, 0.2) is 0 Å². The van der Waals surface area contributed by atoms with Gasteiger partial charge in [0.1, 0.15) is 5.82 Å². The van der Waals surface area contributed by atoms with E-state index in [1.165, 1.54) is 12.2 Å². The minimum atomic E-state index is 0.660. The predicted molar refractivity (Wildman–Crippen MR) is 46.9 cm³/mol. The molecule has 0 saturated carbocycles. The van der Waals surface area contributed by atoms with Crippen LogP contribution >= 0.6 is 0 Å². The Morgan fingerprint density at radius 1 is 1.50 bits per heavy atom. The normalized spacial score (nSPS) is 15.6. The summed E-state index contributed by atoms with van der Waals surface area (Å²) in [5, 5.41) is 4.44. The molecule has 2 heterocycles. The molecule has 0 amide bonds. The molecule has 0 bridgehead atoms. The maximum Gasteiger partial charge on any atom is 0.151 e. The summed E-state index contributed by atoms with van der Waals surface area (Å²) in [6, 6.07) is 0. The number of nitrogens with zero attached hydrogens (tertiary/aromatic N) is 3. The molecule has 2 rings (SSSR count). The van der Waals surface area contributed by atoms with Crippen LogP contribution in [0.25, 0.3) is 0 Å². The molecule has 0 saturated heterocycles. The van der Waals surface area contributed by atoms with Crippen molar-refractivity contribution in [2.24, 2.45) is 5.92 Å². The van der Waals surface area contributed by atoms with Crippen molar-refractivity contribution in [2.75, 3.05) is 0 Å². The zero-order valence-electron chi connectivity index (χ0n) is 7.75. The Bertz CT molecular complexity index is 254. The van der Waals surface area contributed by atoms with Gasteiger partial charge in [-0.05, 0) is 12.3 Å². The third kappa shape index (κ3) is 1.36. The van der Waals surface area contributed by atoms with Crippen LogP contribution in [0, 0.1) is 5.92 Å². The van der Waals surface area contributed by atoms with E-state index in [1.54, 1.807) is 0 Å². The van der Waals surface area contributed by atoms with Crippen LogP contribution in [-0.2, 0) is 19.4 Å². The molecule has 1 aliphatic heterocycles. The zero-order valence-corrected chi connectivity index (χ0v) is 7.75. The second-order valence-electron chi connectivity index (χ2n) is 3.87. The van der Waals surface area contributed by atoms with Crippen molar-refractivity contribution >= 4 is 0 Å². The minimum absolute atomic E-state index is 0.660. The summed E-state index contributed by atoms with van der Waals surface area (Å²) < 4.78 is 2.05. The van der Waals surface area contributed by atoms with Crippen LogP contribution in [0.1, 0.15) is 31.9 Å². The molecule has 0 fully saturated rings. The van der Waals surface area contributed by atoms with E-state index in [0.717, 1.165) is 25.2 Å². The van der Waals surface area contributed by atoms with Crippen molar-refractivity contribution in [3.63, 3.8) is 0 Å². The van der Waals surface area contributed by atoms with Gasteiger partial charge in [0, 0.05) is 19.4 Å². The maximum atomic E-state index is 4.48. The topological polar surface area (TPSA) is 30.7 Å². The number of hydrogen-bond donors (Lipinski definition) is 0. The van der Waals surface area contributed by atoms with E-state index in [9.17, 15) is 0 Å². The fourth-order valence-corrected chi connectivity index (χ4v) is 1.63. The van der Waals surface area contributed by atoms with Gasteiger partial charge in [0.25, 0.3) is 0 Å². The number of aryl methyl sites for hydroxylation is 2. The highest BCUT2D eigenvalue weighted by Gasteiger charge is 2.15. The molecule has 12 heavy (non-hydrogen) atoms. The Kier molecular flexibility index (Phi) is 1.87. The summed E-state index contributed by atoms with van der Waals surface area (Å²) in [5.41, 5.74) is 0. The van der Waals surface area contributed by atoms with Gasteiger partial charge in [0.15, 0.2) is 5.82 Å². The summed E-state index contributed by atoms with van der Waals surface area (Å²) in [7, 11) is 0. The Labute approximate surface area is 72.8 Å². The van der Waals surface area contributed by atoms with Crippen molar-refractivity contribution < 1.29 is 0 Å². The molecule has 0 radical (unpaired) electrons.